The van der Waals surface area contributed by atoms with Gasteiger partial charge in [-0.15, -0.1) is 0 Å². The smallest absolute Gasteiger partial charge is 0.122 e. The highest BCUT2D eigenvalue weighted by Gasteiger charge is 2.06. The van der Waals surface area contributed by atoms with Crippen LogP contribution in [0.15, 0.2) is 48.5 Å². The van der Waals surface area contributed by atoms with E-state index in [1.54, 1.807) is 7.11 Å². The molecule has 0 aliphatic rings. The molecular weight excluding hydrogens is 274 g/mol. The molecule has 0 atom stereocenters. The largest absolute Gasteiger partial charge is 0.496 e. The summed E-state index contributed by atoms with van der Waals surface area (Å²) >= 11 is 0. The quantitative estimate of drug-likeness (QED) is 0.745. The summed E-state index contributed by atoms with van der Waals surface area (Å²) in [5, 5.41) is 0. The third kappa shape index (κ3) is 4.78. The molecule has 0 bridgehead atoms. The molecule has 0 aliphatic heterocycles. The summed E-state index contributed by atoms with van der Waals surface area (Å²) in [5.74, 6) is 1.94. The standard InChI is InChI=1S/C19H25NO2/c1-20(2)14-15-22-19-11-7-5-9-17(19)13-12-16-8-4-6-10-18(16)21-3/h4-11H,12-15H2,1-3H3. The predicted molar refractivity (Wildman–Crippen MR) is 90.9 cm³/mol. The minimum atomic E-state index is 0.707. The van der Waals surface area contributed by atoms with Gasteiger partial charge in [-0.1, -0.05) is 36.4 Å². The van der Waals surface area contributed by atoms with E-state index in [2.05, 4.69) is 43.3 Å². The number of hydrogen-bond donors (Lipinski definition) is 0. The SMILES string of the molecule is COc1ccccc1CCc1ccccc1OCCN(C)C. The summed E-state index contributed by atoms with van der Waals surface area (Å²) in [6.45, 7) is 1.62. The minimum absolute atomic E-state index is 0.707. The number of likely N-dealkylation sites (N-methyl/N-ethyl adjacent to an activating group) is 1. The van der Waals surface area contributed by atoms with Crippen molar-refractivity contribution in [3.05, 3.63) is 59.7 Å². The average molecular weight is 299 g/mol. The van der Waals surface area contributed by atoms with Crippen LogP contribution >= 0.6 is 0 Å². The molecule has 0 aliphatic carbocycles. The fourth-order valence-corrected chi connectivity index (χ4v) is 2.37. The Hall–Kier alpha value is -2.00. The van der Waals surface area contributed by atoms with Crippen molar-refractivity contribution in [2.45, 2.75) is 12.8 Å². The minimum Gasteiger partial charge on any atom is -0.496 e. The molecule has 0 saturated carbocycles. The van der Waals surface area contributed by atoms with Gasteiger partial charge < -0.3 is 14.4 Å². The fourth-order valence-electron chi connectivity index (χ4n) is 2.37. The summed E-state index contributed by atoms with van der Waals surface area (Å²) in [6, 6.07) is 16.5. The van der Waals surface area contributed by atoms with Gasteiger partial charge in [0.25, 0.3) is 0 Å². The number of ether oxygens (including phenoxy) is 2. The second-order valence-corrected chi connectivity index (χ2v) is 5.57. The van der Waals surface area contributed by atoms with Gasteiger partial charge in [-0.25, -0.2) is 0 Å². The molecule has 22 heavy (non-hydrogen) atoms. The van der Waals surface area contributed by atoms with Gasteiger partial charge in [-0.2, -0.15) is 0 Å². The Morgan fingerprint density at radius 1 is 0.818 bits per heavy atom. The number of nitrogens with zero attached hydrogens (tertiary/aromatic N) is 1. The van der Waals surface area contributed by atoms with Crippen LogP contribution in [0.5, 0.6) is 11.5 Å². The Balaban J connectivity index is 2.00. The lowest BCUT2D eigenvalue weighted by molar-refractivity contribution is 0.259. The first-order valence-electron chi connectivity index (χ1n) is 7.68. The van der Waals surface area contributed by atoms with Crippen molar-refractivity contribution < 1.29 is 9.47 Å². The number of aryl methyl sites for hydroxylation is 2. The van der Waals surface area contributed by atoms with Crippen molar-refractivity contribution in [1.82, 2.24) is 4.90 Å². The first-order valence-corrected chi connectivity index (χ1v) is 7.68. The molecule has 0 fully saturated rings. The summed E-state index contributed by atoms with van der Waals surface area (Å²) in [6.07, 6.45) is 1.89. The van der Waals surface area contributed by atoms with Gasteiger partial charge in [0, 0.05) is 6.54 Å². The summed E-state index contributed by atoms with van der Waals surface area (Å²) in [7, 11) is 5.82. The first-order chi connectivity index (χ1) is 10.7. The highest BCUT2D eigenvalue weighted by atomic mass is 16.5. The van der Waals surface area contributed by atoms with Crippen molar-refractivity contribution in [1.29, 1.82) is 0 Å². The van der Waals surface area contributed by atoms with Crippen LogP contribution < -0.4 is 9.47 Å². The van der Waals surface area contributed by atoms with Crippen LogP contribution in [0, 0.1) is 0 Å². The normalized spacial score (nSPS) is 10.7. The number of benzene rings is 2. The van der Waals surface area contributed by atoms with E-state index in [0.717, 1.165) is 30.9 Å². The van der Waals surface area contributed by atoms with Gasteiger partial charge in [-0.3, -0.25) is 0 Å². The van der Waals surface area contributed by atoms with E-state index in [1.807, 2.05) is 24.3 Å². The van der Waals surface area contributed by atoms with Crippen molar-refractivity contribution >= 4 is 0 Å². The number of methoxy groups -OCH3 is 1. The monoisotopic (exact) mass is 299 g/mol. The van der Waals surface area contributed by atoms with Crippen LogP contribution in [0.4, 0.5) is 0 Å². The zero-order valence-electron chi connectivity index (χ0n) is 13.7. The van der Waals surface area contributed by atoms with E-state index < -0.39 is 0 Å². The van der Waals surface area contributed by atoms with E-state index in [1.165, 1.54) is 11.1 Å². The molecule has 3 nitrogen and oxygen atoms in total. The highest BCUT2D eigenvalue weighted by Crippen LogP contribution is 2.23. The number of para-hydroxylation sites is 2. The maximum absolute atomic E-state index is 5.92. The number of rotatable bonds is 8. The Bertz CT molecular complexity index is 581. The van der Waals surface area contributed by atoms with Crippen molar-refractivity contribution in [3.8, 4) is 11.5 Å². The molecule has 0 saturated heterocycles. The maximum Gasteiger partial charge on any atom is 0.122 e. The molecule has 2 aromatic rings. The van der Waals surface area contributed by atoms with Gasteiger partial charge in [-0.05, 0) is 50.2 Å². The Labute approximate surface area is 133 Å². The fraction of sp³-hybridized carbons (Fsp3) is 0.368. The number of hydrogen-bond acceptors (Lipinski definition) is 3. The van der Waals surface area contributed by atoms with Crippen molar-refractivity contribution in [2.24, 2.45) is 0 Å². The van der Waals surface area contributed by atoms with Crippen molar-refractivity contribution in [3.63, 3.8) is 0 Å². The van der Waals surface area contributed by atoms with Gasteiger partial charge in [0.15, 0.2) is 0 Å². The summed E-state index contributed by atoms with van der Waals surface area (Å²) < 4.78 is 11.3. The Morgan fingerprint density at radius 3 is 1.95 bits per heavy atom. The molecule has 0 amide bonds. The molecule has 2 rings (SSSR count). The van der Waals surface area contributed by atoms with Crippen LogP contribution in [0.25, 0.3) is 0 Å². The van der Waals surface area contributed by atoms with Crippen LogP contribution in [-0.4, -0.2) is 39.3 Å². The van der Waals surface area contributed by atoms with Gasteiger partial charge in [0.1, 0.15) is 18.1 Å². The summed E-state index contributed by atoms with van der Waals surface area (Å²) in [4.78, 5) is 2.12. The van der Waals surface area contributed by atoms with Crippen LogP contribution in [0.3, 0.4) is 0 Å². The molecule has 2 aromatic carbocycles. The third-order valence-electron chi connectivity index (χ3n) is 3.62. The average Bonchev–Trinajstić information content (AvgIpc) is 2.54. The second kappa shape index (κ2) is 8.44. The lowest BCUT2D eigenvalue weighted by atomic mass is 10.0. The van der Waals surface area contributed by atoms with E-state index >= 15 is 0 Å². The zero-order valence-corrected chi connectivity index (χ0v) is 13.7. The van der Waals surface area contributed by atoms with Gasteiger partial charge >= 0.3 is 0 Å². The Morgan fingerprint density at radius 2 is 1.36 bits per heavy atom. The molecule has 0 heterocycles. The van der Waals surface area contributed by atoms with Crippen LogP contribution in [0.1, 0.15) is 11.1 Å². The van der Waals surface area contributed by atoms with E-state index in [9.17, 15) is 0 Å². The Kier molecular flexibility index (Phi) is 6.28. The third-order valence-corrected chi connectivity index (χ3v) is 3.62. The van der Waals surface area contributed by atoms with Crippen LogP contribution in [-0.2, 0) is 12.8 Å². The molecule has 0 unspecified atom stereocenters. The van der Waals surface area contributed by atoms with E-state index in [0.29, 0.717) is 6.61 Å². The molecule has 3 heteroatoms. The molecular formula is C19H25NO2. The molecule has 0 radical (unpaired) electrons. The predicted octanol–water partition coefficient (Wildman–Crippen LogP) is 3.42. The second-order valence-electron chi connectivity index (χ2n) is 5.57. The first kappa shape index (κ1) is 16.4. The lowest BCUT2D eigenvalue weighted by Crippen LogP contribution is -2.19. The van der Waals surface area contributed by atoms with E-state index in [4.69, 9.17) is 9.47 Å². The maximum atomic E-state index is 5.92. The molecule has 0 spiro atoms. The highest BCUT2D eigenvalue weighted by molar-refractivity contribution is 5.37. The van der Waals surface area contributed by atoms with Gasteiger partial charge in [0.2, 0.25) is 0 Å². The lowest BCUT2D eigenvalue weighted by Gasteiger charge is -2.14. The van der Waals surface area contributed by atoms with Gasteiger partial charge in [0.05, 0.1) is 7.11 Å². The molecule has 0 aromatic heterocycles. The van der Waals surface area contributed by atoms with Crippen LogP contribution in [0.2, 0.25) is 0 Å². The zero-order chi connectivity index (χ0) is 15.8. The summed E-state index contributed by atoms with van der Waals surface area (Å²) in [5.41, 5.74) is 2.47. The van der Waals surface area contributed by atoms with Crippen molar-refractivity contribution in [2.75, 3.05) is 34.4 Å². The molecule has 0 N–H and O–H groups in total. The molecule has 118 valence electrons. The topological polar surface area (TPSA) is 21.7 Å². The van der Waals surface area contributed by atoms with E-state index in [-0.39, 0.29) is 0 Å².